The summed E-state index contributed by atoms with van der Waals surface area (Å²) >= 11 is 0. The third-order valence-corrected chi connectivity index (χ3v) is 6.29. The van der Waals surface area contributed by atoms with Crippen molar-refractivity contribution in [1.29, 1.82) is 0 Å². The second-order valence-corrected chi connectivity index (χ2v) is 10.6. The summed E-state index contributed by atoms with van der Waals surface area (Å²) in [5.74, 6) is 0. The second kappa shape index (κ2) is 14.7. The molecule has 0 N–H and O–H groups in total. The molecule has 0 radical (unpaired) electrons. The van der Waals surface area contributed by atoms with Crippen LogP contribution in [0.4, 0.5) is 0 Å². The van der Waals surface area contributed by atoms with Gasteiger partial charge in [0, 0.05) is 0 Å². The lowest BCUT2D eigenvalue weighted by Crippen LogP contribution is -2.37. The van der Waals surface area contributed by atoms with Crippen molar-refractivity contribution in [3.63, 3.8) is 0 Å². The van der Waals surface area contributed by atoms with Crippen molar-refractivity contribution in [3.05, 3.63) is 11.6 Å². The molecule has 0 aromatic rings. The van der Waals surface area contributed by atoms with Gasteiger partial charge in [-0.15, -0.1) is 0 Å². The topological polar surface area (TPSA) is 58.6 Å². The van der Waals surface area contributed by atoms with Crippen LogP contribution in [-0.4, -0.2) is 45.4 Å². The number of nitrogens with zero attached hydrogens (tertiary/aromatic N) is 1. The molecule has 0 bridgehead atoms. The van der Waals surface area contributed by atoms with E-state index in [1.165, 1.54) is 70.6 Å². The van der Waals surface area contributed by atoms with Gasteiger partial charge in [-0.25, -0.2) is 0 Å². The molecule has 6 heteroatoms. The first-order chi connectivity index (χ1) is 13.3. The van der Waals surface area contributed by atoms with Crippen LogP contribution in [-0.2, 0) is 13.6 Å². The van der Waals surface area contributed by atoms with Gasteiger partial charge in [0.1, 0.15) is 13.2 Å². The summed E-state index contributed by atoms with van der Waals surface area (Å²) in [5, 5.41) is 0. The van der Waals surface area contributed by atoms with Crippen molar-refractivity contribution in [3.8, 4) is 0 Å². The first kappa shape index (κ1) is 25.8. The van der Waals surface area contributed by atoms with Crippen molar-refractivity contribution < 1.29 is 23.0 Å². The Kier molecular flexibility index (Phi) is 13.6. The van der Waals surface area contributed by atoms with Crippen molar-refractivity contribution in [2.45, 2.75) is 89.9 Å². The van der Waals surface area contributed by atoms with E-state index in [-0.39, 0.29) is 13.2 Å². The van der Waals surface area contributed by atoms with Gasteiger partial charge < -0.3 is 18.4 Å². The minimum Gasteiger partial charge on any atom is -0.756 e. The third kappa shape index (κ3) is 15.7. The van der Waals surface area contributed by atoms with E-state index in [1.54, 1.807) is 5.57 Å². The van der Waals surface area contributed by atoms with Crippen LogP contribution >= 0.6 is 7.82 Å². The summed E-state index contributed by atoms with van der Waals surface area (Å²) in [5.41, 5.74) is 1.70. The SMILES string of the molecule is C[N+](C)(C)CCOP(=O)([O-])OCCCCCCCCCCC=C1CCCCC1. The van der Waals surface area contributed by atoms with Gasteiger partial charge in [0.2, 0.25) is 0 Å². The average molecular weight is 418 g/mol. The molecule has 1 atom stereocenters. The van der Waals surface area contributed by atoms with Crippen LogP contribution in [0.3, 0.4) is 0 Å². The lowest BCUT2D eigenvalue weighted by Gasteiger charge is -2.27. The molecule has 166 valence electrons. The number of phosphoric ester groups is 1. The summed E-state index contributed by atoms with van der Waals surface area (Å²) in [6.45, 7) is 1.04. The van der Waals surface area contributed by atoms with E-state index >= 15 is 0 Å². The van der Waals surface area contributed by atoms with Gasteiger partial charge >= 0.3 is 0 Å². The normalized spacial score (nSPS) is 17.5. The summed E-state index contributed by atoms with van der Waals surface area (Å²) in [7, 11) is 1.85. The fourth-order valence-electron chi connectivity index (χ4n) is 3.46. The van der Waals surface area contributed by atoms with Crippen LogP contribution in [0.15, 0.2) is 11.6 Å². The van der Waals surface area contributed by atoms with Crippen LogP contribution in [0.1, 0.15) is 89.9 Å². The van der Waals surface area contributed by atoms with Gasteiger partial charge in [0.15, 0.2) is 0 Å². The number of rotatable bonds is 16. The van der Waals surface area contributed by atoms with Crippen LogP contribution in [0, 0.1) is 0 Å². The standard InChI is InChI=1S/C22H44NO4P/c1-23(2,3)19-21-27-28(24,25)26-20-15-10-8-6-4-5-7-9-12-16-22-17-13-11-14-18-22/h16H,4-15,17-21H2,1-3H3. The Labute approximate surface area is 173 Å². The molecule has 28 heavy (non-hydrogen) atoms. The van der Waals surface area contributed by atoms with Gasteiger partial charge in [-0.05, 0) is 44.9 Å². The molecule has 1 aliphatic carbocycles. The first-order valence-electron chi connectivity index (χ1n) is 11.4. The molecule has 1 unspecified atom stereocenters. The number of hydrogen-bond donors (Lipinski definition) is 0. The van der Waals surface area contributed by atoms with Crippen LogP contribution in [0.25, 0.3) is 0 Å². The lowest BCUT2D eigenvalue weighted by atomic mass is 9.94. The molecular weight excluding hydrogens is 373 g/mol. The fourth-order valence-corrected chi connectivity index (χ4v) is 4.20. The molecular formula is C22H44NO4P. The number of quaternary nitrogens is 1. The van der Waals surface area contributed by atoms with E-state index in [1.807, 2.05) is 21.1 Å². The summed E-state index contributed by atoms with van der Waals surface area (Å²) < 4.78 is 22.1. The monoisotopic (exact) mass is 417 g/mol. The fraction of sp³-hybridized carbons (Fsp3) is 0.909. The Balaban J connectivity index is 1.86. The van der Waals surface area contributed by atoms with Crippen molar-refractivity contribution >= 4 is 7.82 Å². The van der Waals surface area contributed by atoms with Gasteiger partial charge in [0.05, 0.1) is 27.7 Å². The highest BCUT2D eigenvalue weighted by molar-refractivity contribution is 7.45. The number of likely N-dealkylation sites (N-methyl/N-ethyl adjacent to an activating group) is 1. The van der Waals surface area contributed by atoms with E-state index in [4.69, 9.17) is 9.05 Å². The minimum atomic E-state index is -4.13. The van der Waals surface area contributed by atoms with Crippen molar-refractivity contribution in [1.82, 2.24) is 0 Å². The number of phosphoric acid groups is 1. The van der Waals surface area contributed by atoms with Crippen LogP contribution in [0.2, 0.25) is 0 Å². The van der Waals surface area contributed by atoms with E-state index in [2.05, 4.69) is 6.08 Å². The zero-order valence-corrected chi connectivity index (χ0v) is 19.5. The predicted octanol–water partition coefficient (Wildman–Crippen LogP) is 5.60. The zero-order valence-electron chi connectivity index (χ0n) is 18.6. The van der Waals surface area contributed by atoms with E-state index in [0.29, 0.717) is 11.0 Å². The van der Waals surface area contributed by atoms with Crippen molar-refractivity contribution in [2.24, 2.45) is 0 Å². The molecule has 0 aliphatic heterocycles. The van der Waals surface area contributed by atoms with Gasteiger partial charge in [-0.2, -0.15) is 0 Å². The molecule has 0 aromatic carbocycles. The molecule has 5 nitrogen and oxygen atoms in total. The Morgan fingerprint density at radius 3 is 2.00 bits per heavy atom. The molecule has 0 heterocycles. The summed E-state index contributed by atoms with van der Waals surface area (Å²) in [4.78, 5) is 11.7. The van der Waals surface area contributed by atoms with Gasteiger partial charge in [0.25, 0.3) is 7.82 Å². The average Bonchev–Trinajstić information content (AvgIpc) is 2.62. The molecule has 1 saturated carbocycles. The highest BCUT2D eigenvalue weighted by Crippen LogP contribution is 2.38. The van der Waals surface area contributed by atoms with E-state index < -0.39 is 7.82 Å². The highest BCUT2D eigenvalue weighted by atomic mass is 31.2. The van der Waals surface area contributed by atoms with Crippen LogP contribution < -0.4 is 4.89 Å². The molecule has 0 saturated heterocycles. The largest absolute Gasteiger partial charge is 0.756 e. The lowest BCUT2D eigenvalue weighted by molar-refractivity contribution is -0.870. The molecule has 1 fully saturated rings. The van der Waals surface area contributed by atoms with Gasteiger partial charge in [-0.3, -0.25) is 4.57 Å². The summed E-state index contributed by atoms with van der Waals surface area (Å²) in [6, 6.07) is 0. The second-order valence-electron chi connectivity index (χ2n) is 9.17. The third-order valence-electron chi connectivity index (χ3n) is 5.29. The minimum absolute atomic E-state index is 0.168. The number of unbranched alkanes of at least 4 members (excludes halogenated alkanes) is 8. The Bertz CT molecular complexity index is 466. The predicted molar refractivity (Wildman–Crippen MR) is 115 cm³/mol. The highest BCUT2D eigenvalue weighted by Gasteiger charge is 2.13. The quantitative estimate of drug-likeness (QED) is 0.142. The Morgan fingerprint density at radius 1 is 0.857 bits per heavy atom. The smallest absolute Gasteiger partial charge is 0.268 e. The first-order valence-corrected chi connectivity index (χ1v) is 12.8. The molecule has 0 amide bonds. The maximum Gasteiger partial charge on any atom is 0.268 e. The van der Waals surface area contributed by atoms with E-state index in [9.17, 15) is 9.46 Å². The number of allylic oxidation sites excluding steroid dienone is 2. The Morgan fingerprint density at radius 2 is 1.39 bits per heavy atom. The molecule has 0 spiro atoms. The maximum atomic E-state index is 11.7. The summed E-state index contributed by atoms with van der Waals surface area (Å²) in [6.07, 6.45) is 20.1. The van der Waals surface area contributed by atoms with E-state index in [0.717, 1.165) is 19.3 Å². The van der Waals surface area contributed by atoms with Crippen molar-refractivity contribution in [2.75, 3.05) is 40.9 Å². The molecule has 1 rings (SSSR count). The number of hydrogen-bond acceptors (Lipinski definition) is 4. The van der Waals surface area contributed by atoms with Gasteiger partial charge in [-0.1, -0.05) is 56.6 Å². The van der Waals surface area contributed by atoms with Crippen LogP contribution in [0.5, 0.6) is 0 Å². The molecule has 0 aromatic heterocycles. The zero-order chi connectivity index (χ0) is 20.7. The molecule has 1 aliphatic rings. The Hall–Kier alpha value is -0.190. The maximum absolute atomic E-state index is 11.7.